The average molecular weight is 294 g/mol. The molecular weight excluding hydrogens is 278 g/mol. The van der Waals surface area contributed by atoms with Crippen molar-refractivity contribution in [3.8, 4) is 0 Å². The molecule has 100 valence electrons. The van der Waals surface area contributed by atoms with Crippen LogP contribution >= 0.6 is 23.4 Å². The molecule has 2 atom stereocenters. The largest absolute Gasteiger partial charge is 0.327 e. The molecule has 0 aliphatic carbocycles. The van der Waals surface area contributed by atoms with Gasteiger partial charge in [-0.15, -0.1) is 0 Å². The van der Waals surface area contributed by atoms with E-state index in [1.165, 1.54) is 0 Å². The Morgan fingerprint density at radius 1 is 1.26 bits per heavy atom. The Labute approximate surface area is 122 Å². The van der Waals surface area contributed by atoms with E-state index in [0.717, 1.165) is 16.3 Å². The summed E-state index contributed by atoms with van der Waals surface area (Å²) in [5.41, 5.74) is 8.22. The molecule has 0 saturated heterocycles. The van der Waals surface area contributed by atoms with Gasteiger partial charge in [-0.05, 0) is 37.1 Å². The Balaban J connectivity index is 2.23. The van der Waals surface area contributed by atoms with E-state index in [4.69, 9.17) is 17.3 Å². The highest BCUT2D eigenvalue weighted by Gasteiger charge is 2.19. The van der Waals surface area contributed by atoms with Crippen molar-refractivity contribution in [2.75, 3.05) is 0 Å². The number of rotatable bonds is 4. The molecule has 2 N–H and O–H groups in total. The number of halogens is 1. The second-order valence-electron chi connectivity index (χ2n) is 4.50. The highest BCUT2D eigenvalue weighted by molar-refractivity contribution is 7.99. The van der Waals surface area contributed by atoms with Gasteiger partial charge in [-0.25, -0.2) is 9.97 Å². The minimum Gasteiger partial charge on any atom is -0.327 e. The molecule has 0 saturated carbocycles. The number of aryl methyl sites for hydroxylation is 1. The monoisotopic (exact) mass is 293 g/mol. The molecule has 0 aliphatic rings. The first-order valence-electron chi connectivity index (χ1n) is 6.02. The Hall–Kier alpha value is -1.10. The molecule has 0 spiro atoms. The van der Waals surface area contributed by atoms with E-state index in [0.29, 0.717) is 5.02 Å². The molecule has 0 aliphatic heterocycles. The van der Waals surface area contributed by atoms with Gasteiger partial charge in [-0.3, -0.25) is 0 Å². The molecule has 0 radical (unpaired) electrons. The highest BCUT2D eigenvalue weighted by atomic mass is 35.5. The van der Waals surface area contributed by atoms with E-state index in [9.17, 15) is 0 Å². The normalized spacial score (nSPS) is 14.1. The molecule has 0 fully saturated rings. The van der Waals surface area contributed by atoms with Crippen molar-refractivity contribution in [3.05, 3.63) is 52.8 Å². The third-order valence-electron chi connectivity index (χ3n) is 2.64. The zero-order valence-corrected chi connectivity index (χ0v) is 12.4. The molecule has 1 heterocycles. The maximum Gasteiger partial charge on any atom is 0.188 e. The zero-order valence-electron chi connectivity index (χ0n) is 10.9. The molecule has 3 nitrogen and oxygen atoms in total. The molecule has 2 unspecified atom stereocenters. The third kappa shape index (κ3) is 3.93. The fraction of sp³-hybridized carbons (Fsp3) is 0.286. The number of benzene rings is 1. The predicted molar refractivity (Wildman–Crippen MR) is 80.5 cm³/mol. The van der Waals surface area contributed by atoms with Crippen LogP contribution in [0.5, 0.6) is 0 Å². The van der Waals surface area contributed by atoms with Crippen molar-refractivity contribution in [3.63, 3.8) is 0 Å². The first kappa shape index (κ1) is 14.3. The van der Waals surface area contributed by atoms with Gasteiger partial charge in [0.15, 0.2) is 5.16 Å². The van der Waals surface area contributed by atoms with Crippen LogP contribution in [-0.4, -0.2) is 16.0 Å². The SMILES string of the molecule is Cc1cnc(SC(c2cccc(Cl)c2)C(C)N)nc1. The molecule has 2 rings (SSSR count). The van der Waals surface area contributed by atoms with Crippen molar-refractivity contribution < 1.29 is 0 Å². The molecule has 1 aromatic carbocycles. The summed E-state index contributed by atoms with van der Waals surface area (Å²) < 4.78 is 0. The van der Waals surface area contributed by atoms with Gasteiger partial charge in [-0.2, -0.15) is 0 Å². The van der Waals surface area contributed by atoms with E-state index >= 15 is 0 Å². The smallest absolute Gasteiger partial charge is 0.188 e. The van der Waals surface area contributed by atoms with Crippen LogP contribution in [0.3, 0.4) is 0 Å². The lowest BCUT2D eigenvalue weighted by Crippen LogP contribution is -2.22. The Morgan fingerprint density at radius 3 is 2.53 bits per heavy atom. The number of thioether (sulfide) groups is 1. The fourth-order valence-corrected chi connectivity index (χ4v) is 2.87. The van der Waals surface area contributed by atoms with Crippen molar-refractivity contribution in [2.45, 2.75) is 30.3 Å². The van der Waals surface area contributed by atoms with Crippen LogP contribution in [-0.2, 0) is 0 Å². The number of hydrogen-bond acceptors (Lipinski definition) is 4. The predicted octanol–water partition coefficient (Wildman–Crippen LogP) is 3.62. The second-order valence-corrected chi connectivity index (χ2v) is 6.04. The zero-order chi connectivity index (χ0) is 13.8. The second kappa shape index (κ2) is 6.37. The van der Waals surface area contributed by atoms with Crippen molar-refractivity contribution in [1.82, 2.24) is 9.97 Å². The van der Waals surface area contributed by atoms with E-state index in [2.05, 4.69) is 9.97 Å². The molecule has 0 bridgehead atoms. The summed E-state index contributed by atoms with van der Waals surface area (Å²) in [6, 6.07) is 7.74. The summed E-state index contributed by atoms with van der Waals surface area (Å²) in [6.45, 7) is 3.95. The van der Waals surface area contributed by atoms with Gasteiger partial charge in [0, 0.05) is 23.5 Å². The third-order valence-corrected chi connectivity index (χ3v) is 4.26. The van der Waals surface area contributed by atoms with Crippen LogP contribution in [0.25, 0.3) is 0 Å². The molecule has 5 heteroatoms. The lowest BCUT2D eigenvalue weighted by molar-refractivity contribution is 0.717. The first-order chi connectivity index (χ1) is 9.06. The van der Waals surface area contributed by atoms with E-state index in [-0.39, 0.29) is 11.3 Å². The first-order valence-corrected chi connectivity index (χ1v) is 7.28. The van der Waals surface area contributed by atoms with Crippen LogP contribution < -0.4 is 5.73 Å². The van der Waals surface area contributed by atoms with Crippen LogP contribution in [0.1, 0.15) is 23.3 Å². The molecule has 2 aromatic rings. The summed E-state index contributed by atoms with van der Waals surface area (Å²) in [5, 5.41) is 1.53. The van der Waals surface area contributed by atoms with E-state index < -0.39 is 0 Å². The molecule has 19 heavy (non-hydrogen) atoms. The van der Waals surface area contributed by atoms with Crippen LogP contribution in [0.15, 0.2) is 41.8 Å². The molecule has 0 amide bonds. The Kier molecular flexibility index (Phi) is 4.80. The van der Waals surface area contributed by atoms with Crippen LogP contribution in [0.2, 0.25) is 5.02 Å². The number of hydrogen-bond donors (Lipinski definition) is 1. The van der Waals surface area contributed by atoms with Gasteiger partial charge in [-0.1, -0.05) is 35.5 Å². The van der Waals surface area contributed by atoms with Gasteiger partial charge in [0.05, 0.1) is 5.25 Å². The maximum atomic E-state index is 6.08. The minimum atomic E-state index is -0.0200. The molecule has 1 aromatic heterocycles. The maximum absolute atomic E-state index is 6.08. The lowest BCUT2D eigenvalue weighted by Gasteiger charge is -2.20. The summed E-state index contributed by atoms with van der Waals surface area (Å²) in [7, 11) is 0. The van der Waals surface area contributed by atoms with Crippen LogP contribution in [0, 0.1) is 6.92 Å². The minimum absolute atomic E-state index is 0.0200. The Bertz CT molecular complexity index is 543. The fourth-order valence-electron chi connectivity index (χ4n) is 1.72. The van der Waals surface area contributed by atoms with Crippen molar-refractivity contribution >= 4 is 23.4 Å². The molecular formula is C14H16ClN3S. The lowest BCUT2D eigenvalue weighted by atomic mass is 10.1. The number of nitrogens with zero attached hydrogens (tertiary/aromatic N) is 2. The van der Waals surface area contributed by atoms with Gasteiger partial charge < -0.3 is 5.73 Å². The summed E-state index contributed by atoms with van der Waals surface area (Å²) in [5.74, 6) is 0. The quantitative estimate of drug-likeness (QED) is 0.691. The standard InChI is InChI=1S/C14H16ClN3S/c1-9-7-17-14(18-8-9)19-13(10(2)16)11-4-3-5-12(15)6-11/h3-8,10,13H,16H2,1-2H3. The van der Waals surface area contributed by atoms with Gasteiger partial charge >= 0.3 is 0 Å². The van der Waals surface area contributed by atoms with Crippen LogP contribution in [0.4, 0.5) is 0 Å². The van der Waals surface area contributed by atoms with Crippen molar-refractivity contribution in [2.24, 2.45) is 5.73 Å². The average Bonchev–Trinajstić information content (AvgIpc) is 2.37. The van der Waals surface area contributed by atoms with E-state index in [1.54, 1.807) is 11.8 Å². The number of aromatic nitrogens is 2. The highest BCUT2D eigenvalue weighted by Crippen LogP contribution is 2.36. The Morgan fingerprint density at radius 2 is 1.95 bits per heavy atom. The summed E-state index contributed by atoms with van der Waals surface area (Å²) in [6.07, 6.45) is 3.62. The van der Waals surface area contributed by atoms with Crippen molar-refractivity contribution in [1.29, 1.82) is 0 Å². The summed E-state index contributed by atoms with van der Waals surface area (Å²) >= 11 is 7.60. The summed E-state index contributed by atoms with van der Waals surface area (Å²) in [4.78, 5) is 8.62. The van der Waals surface area contributed by atoms with E-state index in [1.807, 2.05) is 50.5 Å². The van der Waals surface area contributed by atoms with Gasteiger partial charge in [0.2, 0.25) is 0 Å². The number of nitrogens with two attached hydrogens (primary N) is 1. The topological polar surface area (TPSA) is 51.8 Å². The van der Waals surface area contributed by atoms with Gasteiger partial charge in [0.25, 0.3) is 0 Å². The van der Waals surface area contributed by atoms with Gasteiger partial charge in [0.1, 0.15) is 0 Å².